The highest BCUT2D eigenvalue weighted by molar-refractivity contribution is 5.76. The molecule has 0 saturated heterocycles. The van der Waals surface area contributed by atoms with Gasteiger partial charge < -0.3 is 20.0 Å². The van der Waals surface area contributed by atoms with Crippen molar-refractivity contribution in [2.45, 2.75) is 40.2 Å². The van der Waals surface area contributed by atoms with Crippen molar-refractivity contribution in [2.24, 2.45) is 0 Å². The van der Waals surface area contributed by atoms with Crippen LogP contribution in [0.4, 0.5) is 6.01 Å². The first-order valence-corrected chi connectivity index (χ1v) is 7.20. The number of nitrogens with zero attached hydrogens (tertiary/aromatic N) is 3. The van der Waals surface area contributed by atoms with Crippen LogP contribution in [0.15, 0.2) is 4.42 Å². The van der Waals surface area contributed by atoms with Crippen molar-refractivity contribution in [1.82, 2.24) is 20.4 Å². The molecule has 0 aliphatic carbocycles. The smallest absolute Gasteiger partial charge is 0.315 e. The van der Waals surface area contributed by atoms with E-state index in [1.54, 1.807) is 4.90 Å². The summed E-state index contributed by atoms with van der Waals surface area (Å²) in [5.74, 6) is 0.674. The molecule has 0 aromatic carbocycles. The molecule has 0 spiro atoms. The SMILES string of the molecule is CCNC(C)c1nnc(NCCC(=O)N(CC)CC)o1. The monoisotopic (exact) mass is 283 g/mol. The molecule has 7 nitrogen and oxygen atoms in total. The topological polar surface area (TPSA) is 83.3 Å². The summed E-state index contributed by atoms with van der Waals surface area (Å²) in [5, 5.41) is 14.0. The maximum Gasteiger partial charge on any atom is 0.315 e. The number of aromatic nitrogens is 2. The Morgan fingerprint density at radius 2 is 2.00 bits per heavy atom. The van der Waals surface area contributed by atoms with E-state index in [0.29, 0.717) is 24.9 Å². The van der Waals surface area contributed by atoms with Gasteiger partial charge in [0.15, 0.2) is 0 Å². The fourth-order valence-electron chi connectivity index (χ4n) is 1.89. The zero-order chi connectivity index (χ0) is 15.0. The van der Waals surface area contributed by atoms with Gasteiger partial charge in [-0.05, 0) is 27.3 Å². The summed E-state index contributed by atoms with van der Waals surface area (Å²) in [6.45, 7) is 10.7. The lowest BCUT2D eigenvalue weighted by atomic mass is 10.3. The van der Waals surface area contributed by atoms with Crippen LogP contribution in [0.5, 0.6) is 0 Å². The van der Waals surface area contributed by atoms with Crippen LogP contribution in [0.1, 0.15) is 46.0 Å². The first-order chi connectivity index (χ1) is 9.62. The molecule has 114 valence electrons. The molecule has 2 N–H and O–H groups in total. The Morgan fingerprint density at radius 3 is 2.60 bits per heavy atom. The average Bonchev–Trinajstić information content (AvgIpc) is 2.89. The fourth-order valence-corrected chi connectivity index (χ4v) is 1.89. The molecule has 0 aliphatic rings. The normalized spacial score (nSPS) is 12.2. The lowest BCUT2D eigenvalue weighted by Crippen LogP contribution is -2.31. The van der Waals surface area contributed by atoms with Gasteiger partial charge in [0.25, 0.3) is 0 Å². The lowest BCUT2D eigenvalue weighted by molar-refractivity contribution is -0.130. The Kier molecular flexibility index (Phi) is 7.00. The summed E-state index contributed by atoms with van der Waals surface area (Å²) in [6.07, 6.45) is 0.419. The highest BCUT2D eigenvalue weighted by Crippen LogP contribution is 2.13. The van der Waals surface area contributed by atoms with Crippen molar-refractivity contribution >= 4 is 11.9 Å². The van der Waals surface area contributed by atoms with Gasteiger partial charge in [-0.2, -0.15) is 0 Å². The number of amides is 1. The summed E-state index contributed by atoms with van der Waals surface area (Å²) in [7, 11) is 0. The largest absolute Gasteiger partial charge is 0.406 e. The van der Waals surface area contributed by atoms with Crippen molar-refractivity contribution in [1.29, 1.82) is 0 Å². The minimum atomic E-state index is 0.0281. The molecule has 1 atom stereocenters. The molecule has 0 fully saturated rings. The molecule has 0 aliphatic heterocycles. The third kappa shape index (κ3) is 4.80. The van der Waals surface area contributed by atoms with Crippen molar-refractivity contribution in [2.75, 3.05) is 31.5 Å². The molecule has 1 aromatic heterocycles. The van der Waals surface area contributed by atoms with Crippen molar-refractivity contribution < 1.29 is 9.21 Å². The Bertz CT molecular complexity index is 403. The number of nitrogens with one attached hydrogen (secondary N) is 2. The second kappa shape index (κ2) is 8.52. The van der Waals surface area contributed by atoms with Crippen molar-refractivity contribution in [3.8, 4) is 0 Å². The Hall–Kier alpha value is -1.63. The number of hydrogen-bond donors (Lipinski definition) is 2. The van der Waals surface area contributed by atoms with Gasteiger partial charge in [-0.3, -0.25) is 4.79 Å². The van der Waals surface area contributed by atoms with E-state index in [4.69, 9.17) is 4.42 Å². The molecule has 0 radical (unpaired) electrons. The average molecular weight is 283 g/mol. The molecule has 0 saturated carbocycles. The summed E-state index contributed by atoms with van der Waals surface area (Å²) in [5.41, 5.74) is 0. The Morgan fingerprint density at radius 1 is 1.30 bits per heavy atom. The van der Waals surface area contributed by atoms with Gasteiger partial charge in [-0.25, -0.2) is 0 Å². The first-order valence-electron chi connectivity index (χ1n) is 7.20. The second-order valence-corrected chi connectivity index (χ2v) is 4.47. The van der Waals surface area contributed by atoms with Crippen molar-refractivity contribution in [3.05, 3.63) is 5.89 Å². The molecule has 1 aromatic rings. The summed E-state index contributed by atoms with van der Waals surface area (Å²) < 4.78 is 5.47. The van der Waals surface area contributed by atoms with E-state index in [1.807, 2.05) is 27.7 Å². The predicted octanol–water partition coefficient (Wildman–Crippen LogP) is 1.41. The highest BCUT2D eigenvalue weighted by Gasteiger charge is 2.13. The van der Waals surface area contributed by atoms with Crippen LogP contribution < -0.4 is 10.6 Å². The minimum Gasteiger partial charge on any atom is -0.406 e. The molecule has 1 unspecified atom stereocenters. The molecular weight excluding hydrogens is 258 g/mol. The van der Waals surface area contributed by atoms with E-state index in [0.717, 1.165) is 19.6 Å². The van der Waals surface area contributed by atoms with E-state index >= 15 is 0 Å². The second-order valence-electron chi connectivity index (χ2n) is 4.47. The van der Waals surface area contributed by atoms with Gasteiger partial charge in [0.1, 0.15) is 0 Å². The van der Waals surface area contributed by atoms with E-state index < -0.39 is 0 Å². The minimum absolute atomic E-state index is 0.0281. The number of carbonyl (C=O) groups excluding carboxylic acids is 1. The fraction of sp³-hybridized carbons (Fsp3) is 0.769. The zero-order valence-electron chi connectivity index (χ0n) is 12.8. The molecule has 1 heterocycles. The van der Waals surface area contributed by atoms with Gasteiger partial charge in [0.05, 0.1) is 6.04 Å². The van der Waals surface area contributed by atoms with Crippen LogP contribution in [-0.2, 0) is 4.79 Å². The maximum atomic E-state index is 11.8. The van der Waals surface area contributed by atoms with Gasteiger partial charge in [-0.1, -0.05) is 12.0 Å². The number of carbonyl (C=O) groups is 1. The van der Waals surface area contributed by atoms with Crippen LogP contribution in [0.3, 0.4) is 0 Å². The third-order valence-corrected chi connectivity index (χ3v) is 3.05. The van der Waals surface area contributed by atoms with Gasteiger partial charge in [0.2, 0.25) is 11.8 Å². The molecule has 1 amide bonds. The van der Waals surface area contributed by atoms with E-state index in [-0.39, 0.29) is 11.9 Å². The molecule has 20 heavy (non-hydrogen) atoms. The third-order valence-electron chi connectivity index (χ3n) is 3.05. The maximum absolute atomic E-state index is 11.8. The molecule has 7 heteroatoms. The Labute approximate surface area is 120 Å². The highest BCUT2D eigenvalue weighted by atomic mass is 16.4. The van der Waals surface area contributed by atoms with Crippen LogP contribution in [0.2, 0.25) is 0 Å². The molecule has 1 rings (SSSR count). The van der Waals surface area contributed by atoms with Gasteiger partial charge in [-0.15, -0.1) is 5.10 Å². The zero-order valence-corrected chi connectivity index (χ0v) is 12.8. The van der Waals surface area contributed by atoms with Crippen molar-refractivity contribution in [3.63, 3.8) is 0 Å². The predicted molar refractivity (Wildman–Crippen MR) is 77.4 cm³/mol. The number of hydrogen-bond acceptors (Lipinski definition) is 6. The van der Waals surface area contributed by atoms with E-state index in [9.17, 15) is 4.79 Å². The number of anilines is 1. The molecule has 0 bridgehead atoms. The summed E-state index contributed by atoms with van der Waals surface area (Å²) in [4.78, 5) is 13.6. The van der Waals surface area contributed by atoms with Crippen LogP contribution in [0.25, 0.3) is 0 Å². The van der Waals surface area contributed by atoms with Crippen LogP contribution in [-0.4, -0.2) is 47.2 Å². The van der Waals surface area contributed by atoms with E-state index in [1.165, 1.54) is 0 Å². The first kappa shape index (κ1) is 16.4. The number of rotatable bonds is 9. The van der Waals surface area contributed by atoms with Gasteiger partial charge >= 0.3 is 6.01 Å². The summed E-state index contributed by atoms with van der Waals surface area (Å²) in [6, 6.07) is 0.387. The molecular formula is C13H25N5O2. The standard InChI is InChI=1S/C13H25N5O2/c1-5-14-10(4)12-16-17-13(20-12)15-9-8-11(19)18(6-2)7-3/h10,14H,5-9H2,1-4H3,(H,15,17). The van der Waals surface area contributed by atoms with Crippen LogP contribution in [0, 0.1) is 0 Å². The van der Waals surface area contributed by atoms with Gasteiger partial charge in [0, 0.05) is 26.1 Å². The quantitative estimate of drug-likeness (QED) is 0.713. The Balaban J connectivity index is 2.37. The van der Waals surface area contributed by atoms with E-state index in [2.05, 4.69) is 20.8 Å². The van der Waals surface area contributed by atoms with Crippen LogP contribution >= 0.6 is 0 Å². The lowest BCUT2D eigenvalue weighted by Gasteiger charge is -2.18. The summed E-state index contributed by atoms with van der Waals surface area (Å²) >= 11 is 0.